The smallest absolute Gasteiger partial charge is 0.224 e. The molecule has 0 N–H and O–H groups in total. The average molecular weight is 318 g/mol. The summed E-state index contributed by atoms with van der Waals surface area (Å²) >= 11 is 14.1. The SMILES string of the molecule is CC(C)CC(=O)N1CCS[C@@H]1c1cccc(Cl)c1Cl. The number of amides is 1. The highest BCUT2D eigenvalue weighted by molar-refractivity contribution is 7.99. The molecule has 0 aliphatic carbocycles. The fourth-order valence-electron chi connectivity index (χ4n) is 2.16. The van der Waals surface area contributed by atoms with Crippen LogP contribution in [0.3, 0.4) is 0 Å². The summed E-state index contributed by atoms with van der Waals surface area (Å²) in [6, 6.07) is 5.60. The van der Waals surface area contributed by atoms with E-state index in [9.17, 15) is 4.79 Å². The summed E-state index contributed by atoms with van der Waals surface area (Å²) in [5.74, 6) is 1.51. The number of carbonyl (C=O) groups is 1. The molecule has 1 saturated heterocycles. The van der Waals surface area contributed by atoms with Crippen molar-refractivity contribution in [1.82, 2.24) is 4.90 Å². The first-order valence-corrected chi connectivity index (χ1v) is 8.16. The lowest BCUT2D eigenvalue weighted by Gasteiger charge is -2.25. The molecule has 0 saturated carbocycles. The van der Waals surface area contributed by atoms with E-state index in [1.807, 2.05) is 17.0 Å². The Hall–Kier alpha value is -0.380. The number of thioether (sulfide) groups is 1. The van der Waals surface area contributed by atoms with Gasteiger partial charge in [0.2, 0.25) is 5.91 Å². The van der Waals surface area contributed by atoms with E-state index in [0.29, 0.717) is 22.4 Å². The van der Waals surface area contributed by atoms with Crippen LogP contribution in [-0.4, -0.2) is 23.1 Å². The van der Waals surface area contributed by atoms with Crippen molar-refractivity contribution in [3.05, 3.63) is 33.8 Å². The number of nitrogens with zero attached hydrogens (tertiary/aromatic N) is 1. The van der Waals surface area contributed by atoms with Crippen LogP contribution in [0.5, 0.6) is 0 Å². The molecule has 1 aromatic rings. The van der Waals surface area contributed by atoms with E-state index >= 15 is 0 Å². The lowest BCUT2D eigenvalue weighted by Crippen LogP contribution is -2.31. The van der Waals surface area contributed by atoms with Gasteiger partial charge >= 0.3 is 0 Å². The molecule has 104 valence electrons. The van der Waals surface area contributed by atoms with Gasteiger partial charge in [0.15, 0.2) is 0 Å². The maximum atomic E-state index is 12.3. The molecular weight excluding hydrogens is 301 g/mol. The Morgan fingerprint density at radius 2 is 2.21 bits per heavy atom. The Labute approximate surface area is 128 Å². The third-order valence-electron chi connectivity index (χ3n) is 3.04. The van der Waals surface area contributed by atoms with Crippen molar-refractivity contribution in [1.29, 1.82) is 0 Å². The second-order valence-electron chi connectivity index (χ2n) is 5.05. The van der Waals surface area contributed by atoms with Crippen LogP contribution in [0.2, 0.25) is 10.0 Å². The minimum Gasteiger partial charge on any atom is -0.326 e. The van der Waals surface area contributed by atoms with Crippen molar-refractivity contribution in [2.45, 2.75) is 25.6 Å². The van der Waals surface area contributed by atoms with Crippen molar-refractivity contribution < 1.29 is 4.79 Å². The number of halogens is 2. The second-order valence-corrected chi connectivity index (χ2v) is 7.02. The zero-order valence-corrected chi connectivity index (χ0v) is 13.4. The van der Waals surface area contributed by atoms with Crippen LogP contribution < -0.4 is 0 Å². The predicted molar refractivity (Wildman–Crippen MR) is 82.8 cm³/mol. The third kappa shape index (κ3) is 3.39. The van der Waals surface area contributed by atoms with E-state index in [-0.39, 0.29) is 11.3 Å². The molecular formula is C14H17Cl2NOS. The van der Waals surface area contributed by atoms with Gasteiger partial charge in [0, 0.05) is 24.3 Å². The van der Waals surface area contributed by atoms with Gasteiger partial charge in [0.05, 0.1) is 10.0 Å². The molecule has 0 unspecified atom stereocenters. The standard InChI is InChI=1S/C14H17Cl2NOS/c1-9(2)8-12(18)17-6-7-19-14(17)10-4-3-5-11(15)13(10)16/h3-5,9,14H,6-8H2,1-2H3/t14-/m1/s1. The molecule has 1 aliphatic rings. The molecule has 1 atom stereocenters. The maximum absolute atomic E-state index is 12.3. The van der Waals surface area contributed by atoms with Crippen molar-refractivity contribution in [2.24, 2.45) is 5.92 Å². The molecule has 2 nitrogen and oxygen atoms in total. The zero-order chi connectivity index (χ0) is 14.0. The van der Waals surface area contributed by atoms with Crippen LogP contribution in [0.15, 0.2) is 18.2 Å². The molecule has 0 bridgehead atoms. The summed E-state index contributed by atoms with van der Waals surface area (Å²) in [5, 5.41) is 1.10. The first-order chi connectivity index (χ1) is 9.00. The molecule has 1 amide bonds. The molecule has 0 aromatic heterocycles. The molecule has 1 aliphatic heterocycles. The lowest BCUT2D eigenvalue weighted by molar-refractivity contribution is -0.132. The highest BCUT2D eigenvalue weighted by atomic mass is 35.5. The van der Waals surface area contributed by atoms with Gasteiger partial charge in [-0.15, -0.1) is 11.8 Å². The van der Waals surface area contributed by atoms with Crippen LogP contribution >= 0.6 is 35.0 Å². The van der Waals surface area contributed by atoms with E-state index < -0.39 is 0 Å². The van der Waals surface area contributed by atoms with Crippen LogP contribution in [-0.2, 0) is 4.79 Å². The van der Waals surface area contributed by atoms with Crippen LogP contribution in [0.25, 0.3) is 0 Å². The Kier molecular flexibility index (Phi) is 5.04. The summed E-state index contributed by atoms with van der Waals surface area (Å²) in [5.41, 5.74) is 0.939. The van der Waals surface area contributed by atoms with E-state index in [1.165, 1.54) is 0 Å². The quantitative estimate of drug-likeness (QED) is 0.811. The first kappa shape index (κ1) is 15.0. The lowest BCUT2D eigenvalue weighted by atomic mass is 10.1. The Bertz CT molecular complexity index is 479. The van der Waals surface area contributed by atoms with E-state index in [0.717, 1.165) is 17.9 Å². The van der Waals surface area contributed by atoms with Crippen LogP contribution in [0.1, 0.15) is 31.2 Å². The Morgan fingerprint density at radius 1 is 1.47 bits per heavy atom. The summed E-state index contributed by atoms with van der Waals surface area (Å²) in [6.07, 6.45) is 0.579. The highest BCUT2D eigenvalue weighted by Gasteiger charge is 2.32. The molecule has 0 radical (unpaired) electrons. The fourth-order valence-corrected chi connectivity index (χ4v) is 3.94. The number of carbonyl (C=O) groups excluding carboxylic acids is 1. The van der Waals surface area contributed by atoms with Crippen molar-refractivity contribution in [3.8, 4) is 0 Å². The number of benzene rings is 1. The normalized spacial score (nSPS) is 19.2. The summed E-state index contributed by atoms with van der Waals surface area (Å²) in [4.78, 5) is 14.2. The number of hydrogen-bond acceptors (Lipinski definition) is 2. The Morgan fingerprint density at radius 3 is 2.89 bits per heavy atom. The fraction of sp³-hybridized carbons (Fsp3) is 0.500. The maximum Gasteiger partial charge on any atom is 0.224 e. The van der Waals surface area contributed by atoms with Crippen molar-refractivity contribution in [2.75, 3.05) is 12.3 Å². The monoisotopic (exact) mass is 317 g/mol. The number of hydrogen-bond donors (Lipinski definition) is 0. The Balaban J connectivity index is 2.23. The minimum atomic E-state index is -0.00236. The topological polar surface area (TPSA) is 20.3 Å². The van der Waals surface area contributed by atoms with Gasteiger partial charge in [-0.1, -0.05) is 49.2 Å². The first-order valence-electron chi connectivity index (χ1n) is 6.35. The van der Waals surface area contributed by atoms with Gasteiger partial charge in [-0.3, -0.25) is 4.79 Å². The molecule has 5 heteroatoms. The minimum absolute atomic E-state index is 0.00236. The largest absolute Gasteiger partial charge is 0.326 e. The molecule has 1 aromatic carbocycles. The van der Waals surface area contributed by atoms with Gasteiger partial charge in [0.25, 0.3) is 0 Å². The summed E-state index contributed by atoms with van der Waals surface area (Å²) in [6.45, 7) is 4.90. The second kappa shape index (κ2) is 6.38. The molecule has 1 fully saturated rings. The van der Waals surface area contributed by atoms with Crippen molar-refractivity contribution in [3.63, 3.8) is 0 Å². The highest BCUT2D eigenvalue weighted by Crippen LogP contribution is 2.43. The molecule has 0 spiro atoms. The van der Waals surface area contributed by atoms with E-state index in [4.69, 9.17) is 23.2 Å². The molecule has 1 heterocycles. The van der Waals surface area contributed by atoms with Gasteiger partial charge in [-0.05, 0) is 12.0 Å². The molecule has 19 heavy (non-hydrogen) atoms. The molecule has 2 rings (SSSR count). The van der Waals surface area contributed by atoms with Crippen molar-refractivity contribution >= 4 is 40.9 Å². The van der Waals surface area contributed by atoms with Crippen LogP contribution in [0.4, 0.5) is 0 Å². The predicted octanol–water partition coefficient (Wildman–Crippen LogP) is 4.61. The summed E-state index contributed by atoms with van der Waals surface area (Å²) < 4.78 is 0. The van der Waals surface area contributed by atoms with E-state index in [1.54, 1.807) is 17.8 Å². The number of rotatable bonds is 3. The van der Waals surface area contributed by atoms with Gasteiger partial charge in [-0.2, -0.15) is 0 Å². The van der Waals surface area contributed by atoms with Gasteiger partial charge < -0.3 is 4.90 Å². The third-order valence-corrected chi connectivity index (χ3v) is 5.12. The summed E-state index contributed by atoms with van der Waals surface area (Å²) in [7, 11) is 0. The van der Waals surface area contributed by atoms with Gasteiger partial charge in [-0.25, -0.2) is 0 Å². The van der Waals surface area contributed by atoms with Crippen LogP contribution in [0, 0.1) is 5.92 Å². The zero-order valence-electron chi connectivity index (χ0n) is 11.0. The van der Waals surface area contributed by atoms with Gasteiger partial charge in [0.1, 0.15) is 5.37 Å². The van der Waals surface area contributed by atoms with E-state index in [2.05, 4.69) is 13.8 Å². The average Bonchev–Trinajstić information content (AvgIpc) is 2.80.